The Labute approximate surface area is 155 Å². The Bertz CT molecular complexity index is 705. The van der Waals surface area contributed by atoms with Gasteiger partial charge in [0.25, 0.3) is 0 Å². The number of hydrogen-bond acceptors (Lipinski definition) is 3. The zero-order chi connectivity index (χ0) is 15.7. The number of carbonyl (C=O) groups excluding carboxylic acids is 1. The molecule has 2 aromatic heterocycles. The summed E-state index contributed by atoms with van der Waals surface area (Å²) in [6.45, 7) is 2.21. The molecule has 0 amide bonds. The average molecular weight is 458 g/mol. The predicted molar refractivity (Wildman–Crippen MR) is 103 cm³/mol. The molecule has 1 saturated carbocycles. The minimum absolute atomic E-state index is 0.201. The van der Waals surface area contributed by atoms with Gasteiger partial charge in [0.05, 0.1) is 7.57 Å². The number of hydrogen-bond donors (Lipinski definition) is 0. The zero-order valence-electron chi connectivity index (χ0n) is 11.9. The highest BCUT2D eigenvalue weighted by Gasteiger charge is 2.25. The highest BCUT2D eigenvalue weighted by Crippen LogP contribution is 2.34. The van der Waals surface area contributed by atoms with E-state index in [0.717, 1.165) is 41.3 Å². The van der Waals surface area contributed by atoms with E-state index in [4.69, 9.17) is 0 Å². The second-order valence-electron chi connectivity index (χ2n) is 5.47. The molecule has 1 atom stereocenters. The molecular formula is C17H14Br2OS2. The molecule has 1 fully saturated rings. The Kier molecular flexibility index (Phi) is 5.17. The van der Waals surface area contributed by atoms with Crippen LogP contribution < -0.4 is 0 Å². The molecule has 22 heavy (non-hydrogen) atoms. The monoisotopic (exact) mass is 456 g/mol. The summed E-state index contributed by atoms with van der Waals surface area (Å²) in [5.41, 5.74) is 1.85. The van der Waals surface area contributed by atoms with E-state index in [1.807, 2.05) is 36.4 Å². The van der Waals surface area contributed by atoms with Crippen LogP contribution in [0.15, 0.2) is 43.0 Å². The van der Waals surface area contributed by atoms with Gasteiger partial charge in [0.2, 0.25) is 0 Å². The molecule has 1 aliphatic rings. The molecule has 1 nitrogen and oxygen atoms in total. The molecule has 0 radical (unpaired) electrons. The van der Waals surface area contributed by atoms with E-state index in [1.54, 1.807) is 22.7 Å². The van der Waals surface area contributed by atoms with E-state index in [1.165, 1.54) is 0 Å². The SMILES string of the molecule is CC1C/C(=C/c2ccc(Br)s2)C(=O)/C(=C/c2ccc(Br)s2)C1. The Morgan fingerprint density at radius 3 is 1.77 bits per heavy atom. The molecule has 1 aliphatic carbocycles. The van der Waals surface area contributed by atoms with Gasteiger partial charge in [0, 0.05) is 20.9 Å². The normalized spacial score (nSPS) is 22.7. The van der Waals surface area contributed by atoms with E-state index >= 15 is 0 Å². The summed E-state index contributed by atoms with van der Waals surface area (Å²) in [5.74, 6) is 0.703. The van der Waals surface area contributed by atoms with E-state index < -0.39 is 0 Å². The van der Waals surface area contributed by atoms with E-state index in [0.29, 0.717) is 5.92 Å². The van der Waals surface area contributed by atoms with Crippen molar-refractivity contribution in [2.75, 3.05) is 0 Å². The summed E-state index contributed by atoms with van der Waals surface area (Å²) in [6.07, 6.45) is 5.82. The first-order chi connectivity index (χ1) is 10.5. The van der Waals surface area contributed by atoms with Crippen molar-refractivity contribution in [1.82, 2.24) is 0 Å². The number of allylic oxidation sites excluding steroid dienone is 2. The van der Waals surface area contributed by atoms with Crippen LogP contribution in [-0.4, -0.2) is 5.78 Å². The molecule has 0 saturated heterocycles. The highest BCUT2D eigenvalue weighted by molar-refractivity contribution is 9.11. The lowest BCUT2D eigenvalue weighted by Gasteiger charge is -2.22. The van der Waals surface area contributed by atoms with Crippen molar-refractivity contribution in [3.05, 3.63) is 52.7 Å². The standard InChI is InChI=1S/C17H14Br2OS2/c1-10-6-11(8-13-2-4-15(18)21-13)17(20)12(7-10)9-14-3-5-16(19)22-14/h2-5,8-10H,6-7H2,1H3/b11-8-,12-9+. The minimum Gasteiger partial charge on any atom is -0.289 e. The summed E-state index contributed by atoms with van der Waals surface area (Å²) in [7, 11) is 0. The molecule has 2 heterocycles. The molecule has 3 rings (SSSR count). The van der Waals surface area contributed by atoms with E-state index in [2.05, 4.69) is 38.8 Å². The maximum Gasteiger partial charge on any atom is 0.185 e. The number of ketones is 1. The van der Waals surface area contributed by atoms with Crippen LogP contribution in [0, 0.1) is 5.92 Å². The first-order valence-electron chi connectivity index (χ1n) is 6.98. The smallest absolute Gasteiger partial charge is 0.185 e. The van der Waals surface area contributed by atoms with Crippen molar-refractivity contribution < 1.29 is 4.79 Å². The highest BCUT2D eigenvalue weighted by atomic mass is 79.9. The second kappa shape index (κ2) is 6.95. The molecule has 0 N–H and O–H groups in total. The van der Waals surface area contributed by atoms with Crippen LogP contribution in [0.2, 0.25) is 0 Å². The van der Waals surface area contributed by atoms with Crippen molar-refractivity contribution in [3.63, 3.8) is 0 Å². The lowest BCUT2D eigenvalue weighted by molar-refractivity contribution is -0.113. The van der Waals surface area contributed by atoms with Crippen LogP contribution in [0.3, 0.4) is 0 Å². The number of halogens is 2. The second-order valence-corrected chi connectivity index (χ2v) is 10.5. The molecule has 0 bridgehead atoms. The summed E-state index contributed by atoms with van der Waals surface area (Å²) in [4.78, 5) is 15.0. The third-order valence-electron chi connectivity index (χ3n) is 3.54. The van der Waals surface area contributed by atoms with Gasteiger partial charge in [-0.15, -0.1) is 22.7 Å². The number of carbonyl (C=O) groups is 1. The summed E-state index contributed by atoms with van der Waals surface area (Å²) in [6, 6.07) is 8.14. The number of Topliss-reactive ketones (excluding diaryl/α,β-unsaturated/α-hetero) is 1. The fourth-order valence-corrected chi connectivity index (χ4v) is 5.40. The van der Waals surface area contributed by atoms with Crippen molar-refractivity contribution in [1.29, 1.82) is 0 Å². The Morgan fingerprint density at radius 1 is 0.955 bits per heavy atom. The van der Waals surface area contributed by atoms with Gasteiger partial charge in [0.15, 0.2) is 5.78 Å². The quantitative estimate of drug-likeness (QED) is 0.453. The van der Waals surface area contributed by atoms with E-state index in [9.17, 15) is 4.79 Å². The third kappa shape index (κ3) is 3.88. The van der Waals surface area contributed by atoms with Gasteiger partial charge < -0.3 is 0 Å². The van der Waals surface area contributed by atoms with Gasteiger partial charge in [-0.25, -0.2) is 0 Å². The molecule has 0 aromatic carbocycles. The van der Waals surface area contributed by atoms with Crippen LogP contribution in [-0.2, 0) is 4.79 Å². The average Bonchev–Trinajstić information content (AvgIpc) is 3.04. The summed E-state index contributed by atoms with van der Waals surface area (Å²) in [5, 5.41) is 0. The number of thiophene rings is 2. The molecular weight excluding hydrogens is 444 g/mol. The molecule has 0 aliphatic heterocycles. The Hall–Kier alpha value is -0.490. The van der Waals surface area contributed by atoms with Crippen molar-refractivity contribution in [2.24, 2.45) is 5.92 Å². The largest absolute Gasteiger partial charge is 0.289 e. The maximum absolute atomic E-state index is 12.7. The molecule has 1 unspecified atom stereocenters. The first-order valence-corrected chi connectivity index (χ1v) is 10.2. The molecule has 0 spiro atoms. The van der Waals surface area contributed by atoms with E-state index in [-0.39, 0.29) is 5.78 Å². The molecule has 2 aromatic rings. The molecule has 114 valence electrons. The van der Waals surface area contributed by atoms with Crippen molar-refractivity contribution in [2.45, 2.75) is 19.8 Å². The topological polar surface area (TPSA) is 17.1 Å². The lowest BCUT2D eigenvalue weighted by atomic mass is 9.81. The van der Waals surface area contributed by atoms with Gasteiger partial charge in [0.1, 0.15) is 0 Å². The lowest BCUT2D eigenvalue weighted by Crippen LogP contribution is -2.17. The van der Waals surface area contributed by atoms with Crippen LogP contribution in [0.1, 0.15) is 29.5 Å². The van der Waals surface area contributed by atoms with Crippen LogP contribution in [0.4, 0.5) is 0 Å². The summed E-state index contributed by atoms with van der Waals surface area (Å²) < 4.78 is 2.18. The third-order valence-corrected chi connectivity index (χ3v) is 6.68. The van der Waals surface area contributed by atoms with Crippen LogP contribution >= 0.6 is 54.5 Å². The predicted octanol–water partition coefficient (Wildman–Crippen LogP) is 6.80. The van der Waals surface area contributed by atoms with Gasteiger partial charge in [-0.3, -0.25) is 4.79 Å². The Morgan fingerprint density at radius 2 is 1.41 bits per heavy atom. The first kappa shape index (κ1) is 16.4. The molecule has 5 heteroatoms. The van der Waals surface area contributed by atoms with Crippen LogP contribution in [0.25, 0.3) is 12.2 Å². The van der Waals surface area contributed by atoms with Gasteiger partial charge in [-0.1, -0.05) is 6.92 Å². The van der Waals surface area contributed by atoms with Gasteiger partial charge in [-0.05, 0) is 87.0 Å². The fourth-order valence-electron chi connectivity index (χ4n) is 2.62. The fraction of sp³-hybridized carbons (Fsp3) is 0.235. The van der Waals surface area contributed by atoms with Crippen molar-refractivity contribution >= 4 is 72.5 Å². The minimum atomic E-state index is 0.201. The van der Waals surface area contributed by atoms with Gasteiger partial charge in [-0.2, -0.15) is 0 Å². The van der Waals surface area contributed by atoms with Crippen molar-refractivity contribution in [3.8, 4) is 0 Å². The van der Waals surface area contributed by atoms with Crippen LogP contribution in [0.5, 0.6) is 0 Å². The Balaban J connectivity index is 1.91. The number of rotatable bonds is 2. The zero-order valence-corrected chi connectivity index (χ0v) is 16.7. The summed E-state index contributed by atoms with van der Waals surface area (Å²) >= 11 is 10.3. The van der Waals surface area contributed by atoms with Gasteiger partial charge >= 0.3 is 0 Å². The maximum atomic E-state index is 12.7.